The third-order valence-corrected chi connectivity index (χ3v) is 3.37. The Labute approximate surface area is 107 Å². The van der Waals surface area contributed by atoms with Crippen LogP contribution in [0, 0.1) is 0 Å². The van der Waals surface area contributed by atoms with E-state index in [2.05, 4.69) is 15.3 Å². The Kier molecular flexibility index (Phi) is 3.32. The highest BCUT2D eigenvalue weighted by Gasteiger charge is 2.28. The predicted octanol–water partition coefficient (Wildman–Crippen LogP) is 1.95. The van der Waals surface area contributed by atoms with Crippen LogP contribution in [0.5, 0.6) is 5.88 Å². The molecular weight excluding hydrogens is 230 g/mol. The summed E-state index contributed by atoms with van der Waals surface area (Å²) in [6, 6.07) is 1.88. The summed E-state index contributed by atoms with van der Waals surface area (Å²) in [4.78, 5) is 9.00. The average Bonchev–Trinajstić information content (AvgIpc) is 3.24. The van der Waals surface area contributed by atoms with Crippen molar-refractivity contribution in [3.8, 4) is 5.88 Å². The van der Waals surface area contributed by atoms with Crippen LogP contribution in [0.1, 0.15) is 37.4 Å². The lowest BCUT2D eigenvalue weighted by Crippen LogP contribution is -2.26. The van der Waals surface area contributed by atoms with Gasteiger partial charge in [0.15, 0.2) is 0 Å². The van der Waals surface area contributed by atoms with Crippen molar-refractivity contribution in [2.24, 2.45) is 0 Å². The summed E-state index contributed by atoms with van der Waals surface area (Å²) in [6.07, 6.45) is 4.51. The lowest BCUT2D eigenvalue weighted by Gasteiger charge is -2.23. The number of anilines is 1. The maximum Gasteiger partial charge on any atom is 0.219 e. The second kappa shape index (κ2) is 5.10. The van der Waals surface area contributed by atoms with Crippen LogP contribution in [0.4, 0.5) is 5.82 Å². The average molecular weight is 249 g/mol. The van der Waals surface area contributed by atoms with E-state index >= 15 is 0 Å². The molecule has 0 amide bonds. The number of rotatable bonds is 4. The first-order valence-corrected chi connectivity index (χ1v) is 6.66. The van der Waals surface area contributed by atoms with Crippen LogP contribution < -0.4 is 10.1 Å². The molecule has 1 N–H and O–H groups in total. The second-order valence-corrected chi connectivity index (χ2v) is 4.90. The van der Waals surface area contributed by atoms with Gasteiger partial charge in [-0.15, -0.1) is 0 Å². The molecule has 3 rings (SSSR count). The van der Waals surface area contributed by atoms with E-state index in [4.69, 9.17) is 9.47 Å². The van der Waals surface area contributed by atoms with Gasteiger partial charge in [0.25, 0.3) is 0 Å². The largest absolute Gasteiger partial charge is 0.474 e. The normalized spacial score (nSPS) is 20.7. The first-order chi connectivity index (χ1) is 8.85. The van der Waals surface area contributed by atoms with Gasteiger partial charge in [-0.1, -0.05) is 0 Å². The quantitative estimate of drug-likeness (QED) is 0.884. The van der Waals surface area contributed by atoms with Crippen molar-refractivity contribution in [1.29, 1.82) is 0 Å². The van der Waals surface area contributed by atoms with Gasteiger partial charge >= 0.3 is 0 Å². The maximum atomic E-state index is 5.95. The van der Waals surface area contributed by atoms with Crippen LogP contribution in [0.25, 0.3) is 0 Å². The van der Waals surface area contributed by atoms with E-state index in [1.165, 1.54) is 12.8 Å². The van der Waals surface area contributed by atoms with Crippen LogP contribution in [0.15, 0.2) is 6.07 Å². The lowest BCUT2D eigenvalue weighted by atomic mass is 10.1. The Bertz CT molecular complexity index is 415. The molecule has 1 aromatic rings. The van der Waals surface area contributed by atoms with E-state index in [0.29, 0.717) is 11.8 Å². The van der Waals surface area contributed by atoms with Crippen molar-refractivity contribution in [2.75, 3.05) is 25.6 Å². The molecule has 0 spiro atoms. The number of aromatic nitrogens is 2. The molecule has 0 atom stereocenters. The zero-order valence-corrected chi connectivity index (χ0v) is 10.7. The van der Waals surface area contributed by atoms with Crippen molar-refractivity contribution in [1.82, 2.24) is 9.97 Å². The van der Waals surface area contributed by atoms with Crippen LogP contribution in [-0.4, -0.2) is 36.3 Å². The van der Waals surface area contributed by atoms with Gasteiger partial charge in [-0.3, -0.25) is 0 Å². The van der Waals surface area contributed by atoms with Crippen molar-refractivity contribution in [2.45, 2.75) is 37.7 Å². The van der Waals surface area contributed by atoms with Gasteiger partial charge in [-0.2, -0.15) is 4.98 Å². The molecule has 2 heterocycles. The van der Waals surface area contributed by atoms with Crippen molar-refractivity contribution >= 4 is 5.82 Å². The fourth-order valence-corrected chi connectivity index (χ4v) is 2.12. The van der Waals surface area contributed by atoms with E-state index in [-0.39, 0.29) is 6.10 Å². The Morgan fingerprint density at radius 2 is 2.00 bits per heavy atom. The molecular formula is C13H19N3O2. The minimum absolute atomic E-state index is 0.227. The zero-order valence-electron chi connectivity index (χ0n) is 10.7. The Balaban J connectivity index is 1.74. The van der Waals surface area contributed by atoms with Crippen LogP contribution in [0.2, 0.25) is 0 Å². The van der Waals surface area contributed by atoms with Gasteiger partial charge in [0, 0.05) is 31.9 Å². The van der Waals surface area contributed by atoms with Gasteiger partial charge in [0.2, 0.25) is 5.88 Å². The monoisotopic (exact) mass is 249 g/mol. The van der Waals surface area contributed by atoms with Gasteiger partial charge in [-0.25, -0.2) is 4.98 Å². The van der Waals surface area contributed by atoms with E-state index in [1.807, 2.05) is 13.1 Å². The summed E-state index contributed by atoms with van der Waals surface area (Å²) in [5.41, 5.74) is 0. The van der Waals surface area contributed by atoms with Gasteiger partial charge in [0.1, 0.15) is 17.7 Å². The minimum Gasteiger partial charge on any atom is -0.474 e. The lowest BCUT2D eigenvalue weighted by molar-refractivity contribution is 0.0236. The first-order valence-electron chi connectivity index (χ1n) is 6.66. The number of nitrogens with one attached hydrogen (secondary N) is 1. The topological polar surface area (TPSA) is 56.3 Å². The molecule has 0 bridgehead atoms. The predicted molar refractivity (Wildman–Crippen MR) is 68.0 cm³/mol. The highest BCUT2D eigenvalue weighted by atomic mass is 16.5. The summed E-state index contributed by atoms with van der Waals surface area (Å²) >= 11 is 0. The molecule has 1 aromatic heterocycles. The molecule has 98 valence electrons. The third-order valence-electron chi connectivity index (χ3n) is 3.37. The van der Waals surface area contributed by atoms with Crippen LogP contribution in [-0.2, 0) is 4.74 Å². The molecule has 2 aliphatic rings. The number of hydrogen-bond acceptors (Lipinski definition) is 5. The number of nitrogens with zero attached hydrogens (tertiary/aromatic N) is 2. The maximum absolute atomic E-state index is 5.95. The molecule has 0 unspecified atom stereocenters. The van der Waals surface area contributed by atoms with Gasteiger partial charge in [0.05, 0.1) is 13.2 Å². The van der Waals surface area contributed by atoms with E-state index in [9.17, 15) is 0 Å². The zero-order chi connectivity index (χ0) is 12.4. The Morgan fingerprint density at radius 1 is 1.22 bits per heavy atom. The summed E-state index contributed by atoms with van der Waals surface area (Å²) in [6.45, 7) is 1.56. The van der Waals surface area contributed by atoms with E-state index in [1.54, 1.807) is 0 Å². The SMILES string of the molecule is CNc1cc(OC2CCOCC2)nc(C2CC2)n1. The number of hydrogen-bond donors (Lipinski definition) is 1. The molecule has 0 radical (unpaired) electrons. The first kappa shape index (κ1) is 11.7. The smallest absolute Gasteiger partial charge is 0.219 e. The molecule has 1 saturated heterocycles. The van der Waals surface area contributed by atoms with Gasteiger partial charge in [-0.05, 0) is 12.8 Å². The molecule has 1 aliphatic heterocycles. The summed E-state index contributed by atoms with van der Waals surface area (Å²) in [7, 11) is 1.87. The molecule has 5 heteroatoms. The summed E-state index contributed by atoms with van der Waals surface area (Å²) < 4.78 is 11.3. The number of ether oxygens (including phenoxy) is 2. The Morgan fingerprint density at radius 3 is 2.67 bits per heavy atom. The Hall–Kier alpha value is -1.36. The molecule has 0 aromatic carbocycles. The van der Waals surface area contributed by atoms with Crippen molar-refractivity contribution in [3.05, 3.63) is 11.9 Å². The fourth-order valence-electron chi connectivity index (χ4n) is 2.12. The highest BCUT2D eigenvalue weighted by molar-refractivity contribution is 5.38. The molecule has 1 aliphatic carbocycles. The van der Waals surface area contributed by atoms with Crippen molar-refractivity contribution < 1.29 is 9.47 Å². The van der Waals surface area contributed by atoms with E-state index in [0.717, 1.165) is 37.7 Å². The highest BCUT2D eigenvalue weighted by Crippen LogP contribution is 2.39. The minimum atomic E-state index is 0.227. The van der Waals surface area contributed by atoms with E-state index < -0.39 is 0 Å². The molecule has 2 fully saturated rings. The molecule has 5 nitrogen and oxygen atoms in total. The molecule has 18 heavy (non-hydrogen) atoms. The van der Waals surface area contributed by atoms with Crippen LogP contribution in [0.3, 0.4) is 0 Å². The summed E-state index contributed by atoms with van der Waals surface area (Å²) in [5.74, 6) is 3.00. The second-order valence-electron chi connectivity index (χ2n) is 4.90. The third kappa shape index (κ3) is 2.72. The molecule has 1 saturated carbocycles. The van der Waals surface area contributed by atoms with Gasteiger partial charge < -0.3 is 14.8 Å². The van der Waals surface area contributed by atoms with Crippen LogP contribution >= 0.6 is 0 Å². The fraction of sp³-hybridized carbons (Fsp3) is 0.692. The summed E-state index contributed by atoms with van der Waals surface area (Å²) in [5, 5.41) is 3.07. The van der Waals surface area contributed by atoms with Crippen molar-refractivity contribution in [3.63, 3.8) is 0 Å². The standard InChI is InChI=1S/C13H19N3O2/c1-14-11-8-12(16-13(15-11)9-2-3-9)18-10-4-6-17-7-5-10/h8-10H,2-7H2,1H3,(H,14,15,16).